The zero-order valence-corrected chi connectivity index (χ0v) is 15.9. The zero-order chi connectivity index (χ0) is 21.8. The maximum Gasteiger partial charge on any atom is 0.349 e. The number of carbonyl (C=O) groups excluding carboxylic acids is 1. The average molecular weight is 412 g/mol. The summed E-state index contributed by atoms with van der Waals surface area (Å²) in [5, 5.41) is 15.2. The Bertz CT molecular complexity index is 1280. The van der Waals surface area contributed by atoms with E-state index in [0.29, 0.717) is 10.2 Å². The lowest BCUT2D eigenvalue weighted by Crippen LogP contribution is -2.32. The Morgan fingerprint density at radius 3 is 2.70 bits per heavy atom. The van der Waals surface area contributed by atoms with E-state index in [0.717, 1.165) is 12.3 Å². The first-order chi connectivity index (χ1) is 14.3. The molecule has 1 atom stereocenters. The number of carbonyl (C=O) groups is 1. The molecular weight excluding hydrogens is 396 g/mol. The van der Waals surface area contributed by atoms with Gasteiger partial charge in [-0.05, 0) is 25.1 Å². The summed E-state index contributed by atoms with van der Waals surface area (Å²) in [6, 6.07) is 10.0. The van der Waals surface area contributed by atoms with Crippen LogP contribution in [0.5, 0.6) is 5.75 Å². The fraction of sp³-hybridized carbons (Fsp3) is 0.158. The number of nitrogens with one attached hydrogen (secondary N) is 1. The van der Waals surface area contributed by atoms with Crippen LogP contribution in [0, 0.1) is 10.1 Å². The van der Waals surface area contributed by atoms with E-state index in [2.05, 4.69) is 14.8 Å². The molecule has 0 saturated heterocycles. The first-order valence-electron chi connectivity index (χ1n) is 8.63. The van der Waals surface area contributed by atoms with Crippen molar-refractivity contribution in [3.8, 4) is 5.75 Å². The quantitative estimate of drug-likeness (QED) is 0.279. The van der Waals surface area contributed by atoms with Gasteiger partial charge in [-0.2, -0.15) is 5.10 Å². The van der Waals surface area contributed by atoms with Crippen LogP contribution in [0.15, 0.2) is 57.2 Å². The van der Waals surface area contributed by atoms with Crippen molar-refractivity contribution >= 4 is 28.8 Å². The number of ether oxygens (including phenoxy) is 2. The molecule has 0 bridgehead atoms. The Morgan fingerprint density at radius 2 is 2.00 bits per heavy atom. The largest absolute Gasteiger partial charge is 0.478 e. The summed E-state index contributed by atoms with van der Waals surface area (Å²) in [6.45, 7) is 1.44. The highest BCUT2D eigenvalue weighted by Gasteiger charge is 2.18. The Labute approximate surface area is 168 Å². The predicted molar refractivity (Wildman–Crippen MR) is 107 cm³/mol. The van der Waals surface area contributed by atoms with Crippen molar-refractivity contribution in [3.05, 3.63) is 79.0 Å². The minimum atomic E-state index is -1.00. The molecule has 0 unspecified atom stereocenters. The number of benzene rings is 2. The van der Waals surface area contributed by atoms with Gasteiger partial charge in [-0.15, -0.1) is 4.68 Å². The number of non-ortho nitro benzene ring substituents is 1. The van der Waals surface area contributed by atoms with Gasteiger partial charge in [-0.25, -0.2) is 9.59 Å². The summed E-state index contributed by atoms with van der Waals surface area (Å²) in [5.41, 5.74) is -1.29. The highest BCUT2D eigenvalue weighted by atomic mass is 16.6. The van der Waals surface area contributed by atoms with E-state index in [9.17, 15) is 24.5 Å². The SMILES string of the molecule is COC(=O)[C@@H](C)Oc1ccc([N+](=O)[O-])cc1C=Nn1c(=O)[nH]c2ccccc2c1=O. The molecule has 0 amide bonds. The number of para-hydroxylation sites is 1. The lowest BCUT2D eigenvalue weighted by molar-refractivity contribution is -0.384. The first-order valence-corrected chi connectivity index (χ1v) is 8.63. The first kappa shape index (κ1) is 20.5. The third kappa shape index (κ3) is 4.09. The molecule has 0 saturated carbocycles. The summed E-state index contributed by atoms with van der Waals surface area (Å²) < 4.78 is 10.7. The van der Waals surface area contributed by atoms with Crippen molar-refractivity contribution in [1.29, 1.82) is 0 Å². The molecule has 1 N–H and O–H groups in total. The summed E-state index contributed by atoms with van der Waals surface area (Å²) in [5.74, 6) is -0.578. The van der Waals surface area contributed by atoms with Gasteiger partial charge >= 0.3 is 11.7 Å². The number of nitrogens with zero attached hydrogens (tertiary/aromatic N) is 3. The van der Waals surface area contributed by atoms with E-state index < -0.39 is 28.2 Å². The molecule has 3 aromatic rings. The molecule has 0 aliphatic rings. The summed E-state index contributed by atoms with van der Waals surface area (Å²) in [7, 11) is 1.19. The van der Waals surface area contributed by atoms with Gasteiger partial charge in [0.2, 0.25) is 0 Å². The standard InChI is InChI=1S/C19H16N4O7/c1-11(18(25)29-2)30-16-8-7-13(23(27)28)9-12(16)10-20-22-17(24)14-5-3-4-6-15(14)21-19(22)26/h3-11H,1-2H3,(H,21,26)/t11-/m1/s1. The van der Waals surface area contributed by atoms with Crippen LogP contribution in [0.1, 0.15) is 12.5 Å². The van der Waals surface area contributed by atoms with Crippen LogP contribution in [0.3, 0.4) is 0 Å². The second-order valence-corrected chi connectivity index (χ2v) is 6.10. The van der Waals surface area contributed by atoms with Crippen LogP contribution in [0.4, 0.5) is 5.69 Å². The molecule has 11 nitrogen and oxygen atoms in total. The van der Waals surface area contributed by atoms with E-state index in [1.54, 1.807) is 18.2 Å². The van der Waals surface area contributed by atoms with E-state index >= 15 is 0 Å². The van der Waals surface area contributed by atoms with Crippen LogP contribution < -0.4 is 16.0 Å². The molecule has 154 valence electrons. The molecule has 0 fully saturated rings. The minimum absolute atomic E-state index is 0.0764. The third-order valence-electron chi connectivity index (χ3n) is 4.14. The smallest absolute Gasteiger partial charge is 0.349 e. The highest BCUT2D eigenvalue weighted by molar-refractivity contribution is 5.85. The Balaban J connectivity index is 2.07. The lowest BCUT2D eigenvalue weighted by atomic mass is 10.2. The molecule has 0 radical (unpaired) electrons. The van der Waals surface area contributed by atoms with Gasteiger partial charge in [-0.3, -0.25) is 14.9 Å². The van der Waals surface area contributed by atoms with Gasteiger partial charge in [-0.1, -0.05) is 12.1 Å². The number of H-pyrrole nitrogens is 1. The molecule has 1 aromatic heterocycles. The molecule has 2 aromatic carbocycles. The third-order valence-corrected chi connectivity index (χ3v) is 4.14. The average Bonchev–Trinajstić information content (AvgIpc) is 2.73. The molecular formula is C19H16N4O7. The van der Waals surface area contributed by atoms with Gasteiger partial charge in [0.15, 0.2) is 6.10 Å². The number of nitro groups is 1. The molecule has 1 heterocycles. The predicted octanol–water partition coefficient (Wildman–Crippen LogP) is 1.42. The molecule has 30 heavy (non-hydrogen) atoms. The number of esters is 1. The van der Waals surface area contributed by atoms with Gasteiger partial charge < -0.3 is 14.5 Å². The van der Waals surface area contributed by atoms with Crippen LogP contribution in [0.2, 0.25) is 0 Å². The zero-order valence-electron chi connectivity index (χ0n) is 15.9. The number of rotatable bonds is 6. The maximum atomic E-state index is 12.6. The van der Waals surface area contributed by atoms with Crippen LogP contribution in [-0.4, -0.2) is 40.0 Å². The maximum absolute atomic E-state index is 12.6. The van der Waals surface area contributed by atoms with Crippen molar-refractivity contribution in [2.75, 3.05) is 7.11 Å². The summed E-state index contributed by atoms with van der Waals surface area (Å²) >= 11 is 0. The molecule has 0 aliphatic heterocycles. The van der Waals surface area contributed by atoms with Crippen LogP contribution in [-0.2, 0) is 9.53 Å². The Kier molecular flexibility index (Phi) is 5.72. The second kappa shape index (κ2) is 8.39. The fourth-order valence-corrected chi connectivity index (χ4v) is 2.64. The summed E-state index contributed by atoms with van der Waals surface area (Å²) in [4.78, 5) is 49.4. The molecule has 11 heteroatoms. The highest BCUT2D eigenvalue weighted by Crippen LogP contribution is 2.24. The number of fused-ring (bicyclic) bond motifs is 1. The van der Waals surface area contributed by atoms with Gasteiger partial charge in [0.25, 0.3) is 11.2 Å². The number of aromatic nitrogens is 2. The van der Waals surface area contributed by atoms with Crippen molar-refractivity contribution in [2.45, 2.75) is 13.0 Å². The molecule has 3 rings (SSSR count). The van der Waals surface area contributed by atoms with E-state index in [-0.39, 0.29) is 22.4 Å². The molecule has 0 spiro atoms. The van der Waals surface area contributed by atoms with Crippen molar-refractivity contribution in [3.63, 3.8) is 0 Å². The van der Waals surface area contributed by atoms with Crippen molar-refractivity contribution in [1.82, 2.24) is 9.66 Å². The van der Waals surface area contributed by atoms with Crippen LogP contribution >= 0.6 is 0 Å². The second-order valence-electron chi connectivity index (χ2n) is 6.10. The number of hydrogen-bond acceptors (Lipinski definition) is 8. The van der Waals surface area contributed by atoms with E-state index in [4.69, 9.17) is 4.74 Å². The number of aromatic amines is 1. The normalized spacial score (nSPS) is 12.1. The monoisotopic (exact) mass is 412 g/mol. The van der Waals surface area contributed by atoms with Gasteiger partial charge in [0, 0.05) is 17.7 Å². The minimum Gasteiger partial charge on any atom is -0.478 e. The Hall–Kier alpha value is -4.28. The van der Waals surface area contributed by atoms with Crippen LogP contribution in [0.25, 0.3) is 10.9 Å². The Morgan fingerprint density at radius 1 is 1.27 bits per heavy atom. The fourth-order valence-electron chi connectivity index (χ4n) is 2.64. The lowest BCUT2D eigenvalue weighted by Gasteiger charge is -2.14. The molecule has 0 aliphatic carbocycles. The topological polar surface area (TPSA) is 146 Å². The van der Waals surface area contributed by atoms with E-state index in [1.165, 1.54) is 32.2 Å². The van der Waals surface area contributed by atoms with Crippen molar-refractivity contribution < 1.29 is 19.2 Å². The van der Waals surface area contributed by atoms with Gasteiger partial charge in [0.05, 0.1) is 29.2 Å². The number of nitro benzene ring substituents is 1. The number of hydrogen-bond donors (Lipinski definition) is 1. The van der Waals surface area contributed by atoms with Crippen molar-refractivity contribution in [2.24, 2.45) is 5.10 Å². The summed E-state index contributed by atoms with van der Waals surface area (Å²) in [6.07, 6.45) is 0.0629. The van der Waals surface area contributed by atoms with E-state index in [1.807, 2.05) is 0 Å². The van der Waals surface area contributed by atoms with Gasteiger partial charge in [0.1, 0.15) is 5.75 Å². The number of methoxy groups -OCH3 is 1.